The minimum absolute atomic E-state index is 0.150. The van der Waals surface area contributed by atoms with Crippen molar-refractivity contribution in [3.8, 4) is 11.5 Å². The molecule has 0 atom stereocenters. The number of ketones is 1. The van der Waals surface area contributed by atoms with Crippen molar-refractivity contribution in [1.29, 1.82) is 0 Å². The predicted octanol–water partition coefficient (Wildman–Crippen LogP) is 3.17. The third-order valence-corrected chi connectivity index (χ3v) is 3.00. The maximum atomic E-state index is 11.8. The Labute approximate surface area is 107 Å². The molecule has 0 bridgehead atoms. The molecule has 96 valence electrons. The highest BCUT2D eigenvalue weighted by atomic mass is 16.5. The van der Waals surface area contributed by atoms with E-state index in [9.17, 15) is 4.79 Å². The first-order valence-electron chi connectivity index (χ1n) is 6.12. The number of benzene rings is 1. The molecule has 0 spiro atoms. The van der Waals surface area contributed by atoms with Gasteiger partial charge in [-0.15, -0.1) is 0 Å². The minimum atomic E-state index is 0.150. The molecule has 1 aliphatic heterocycles. The van der Waals surface area contributed by atoms with Gasteiger partial charge in [-0.1, -0.05) is 11.6 Å². The first-order valence-corrected chi connectivity index (χ1v) is 6.12. The third kappa shape index (κ3) is 2.55. The van der Waals surface area contributed by atoms with Gasteiger partial charge in [0.05, 0.1) is 19.3 Å². The maximum absolute atomic E-state index is 11.8. The quantitative estimate of drug-likeness (QED) is 0.768. The fraction of sp³-hybridized carbons (Fsp3) is 0.400. The van der Waals surface area contributed by atoms with Crippen LogP contribution in [0.4, 0.5) is 0 Å². The van der Waals surface area contributed by atoms with Crippen molar-refractivity contribution in [3.63, 3.8) is 0 Å². The number of carbonyl (C=O) groups excluding carboxylic acids is 1. The third-order valence-electron chi connectivity index (χ3n) is 3.00. The molecule has 2 rings (SSSR count). The zero-order chi connectivity index (χ0) is 13.1. The molecule has 1 heterocycles. The number of carbonyl (C=O) groups is 1. The van der Waals surface area contributed by atoms with E-state index in [1.54, 1.807) is 7.11 Å². The lowest BCUT2D eigenvalue weighted by atomic mass is 9.99. The minimum Gasteiger partial charge on any atom is -0.496 e. The van der Waals surface area contributed by atoms with Gasteiger partial charge in [0.25, 0.3) is 0 Å². The lowest BCUT2D eigenvalue weighted by Gasteiger charge is -2.19. The molecular weight excluding hydrogens is 228 g/mol. The van der Waals surface area contributed by atoms with Gasteiger partial charge in [-0.3, -0.25) is 4.79 Å². The average molecular weight is 246 g/mol. The Bertz CT molecular complexity index is 497. The molecule has 0 radical (unpaired) electrons. The van der Waals surface area contributed by atoms with E-state index in [1.165, 1.54) is 5.57 Å². The van der Waals surface area contributed by atoms with Crippen LogP contribution < -0.4 is 9.47 Å². The molecule has 0 saturated heterocycles. The zero-order valence-electron chi connectivity index (χ0n) is 11.1. The molecule has 0 unspecified atom stereocenters. The number of rotatable bonds is 3. The van der Waals surface area contributed by atoms with Crippen LogP contribution in [0, 0.1) is 0 Å². The standard InChI is InChI=1S/C15H18O3/c1-10(2)4-5-11-8-12-13(16)6-7-18-15(12)9-14(11)17-3/h4,8-9H,5-7H2,1-3H3. The van der Waals surface area contributed by atoms with Gasteiger partial charge in [0.1, 0.15) is 11.5 Å². The number of ether oxygens (including phenoxy) is 2. The Morgan fingerprint density at radius 2 is 2.22 bits per heavy atom. The molecule has 1 aromatic carbocycles. The summed E-state index contributed by atoms with van der Waals surface area (Å²) < 4.78 is 10.9. The van der Waals surface area contributed by atoms with Gasteiger partial charge >= 0.3 is 0 Å². The van der Waals surface area contributed by atoms with Crippen LogP contribution in [0.1, 0.15) is 36.2 Å². The Kier molecular flexibility index (Phi) is 3.70. The van der Waals surface area contributed by atoms with Gasteiger partial charge in [0.2, 0.25) is 0 Å². The van der Waals surface area contributed by atoms with Crippen LogP contribution in [0.2, 0.25) is 0 Å². The van der Waals surface area contributed by atoms with E-state index in [0.29, 0.717) is 24.3 Å². The molecule has 3 heteroatoms. The van der Waals surface area contributed by atoms with Crippen molar-refractivity contribution in [2.75, 3.05) is 13.7 Å². The van der Waals surface area contributed by atoms with E-state index in [1.807, 2.05) is 12.1 Å². The Morgan fingerprint density at radius 1 is 1.44 bits per heavy atom. The topological polar surface area (TPSA) is 35.5 Å². The van der Waals surface area contributed by atoms with Crippen LogP contribution in [-0.2, 0) is 6.42 Å². The van der Waals surface area contributed by atoms with Crippen LogP contribution in [0.25, 0.3) is 0 Å². The summed E-state index contributed by atoms with van der Waals surface area (Å²) in [7, 11) is 1.64. The fourth-order valence-electron chi connectivity index (χ4n) is 2.00. The SMILES string of the molecule is COc1cc2c(cc1CC=C(C)C)C(=O)CCO2. The first-order chi connectivity index (χ1) is 8.61. The summed E-state index contributed by atoms with van der Waals surface area (Å²) in [5, 5.41) is 0. The lowest BCUT2D eigenvalue weighted by Crippen LogP contribution is -2.15. The summed E-state index contributed by atoms with van der Waals surface area (Å²) in [6, 6.07) is 3.72. The fourth-order valence-corrected chi connectivity index (χ4v) is 2.00. The number of hydrogen-bond acceptors (Lipinski definition) is 3. The zero-order valence-corrected chi connectivity index (χ0v) is 11.1. The second-order valence-corrected chi connectivity index (χ2v) is 4.67. The molecule has 1 aliphatic rings. The first kappa shape index (κ1) is 12.7. The number of methoxy groups -OCH3 is 1. The van der Waals surface area contributed by atoms with Crippen LogP contribution in [0.15, 0.2) is 23.8 Å². The average Bonchev–Trinajstić information content (AvgIpc) is 2.36. The summed E-state index contributed by atoms with van der Waals surface area (Å²) in [4.78, 5) is 11.8. The van der Waals surface area contributed by atoms with Crippen LogP contribution in [0.3, 0.4) is 0 Å². The highest BCUT2D eigenvalue weighted by Crippen LogP contribution is 2.33. The smallest absolute Gasteiger partial charge is 0.170 e. The van der Waals surface area contributed by atoms with E-state index in [0.717, 1.165) is 17.7 Å². The van der Waals surface area contributed by atoms with Crippen molar-refractivity contribution in [2.24, 2.45) is 0 Å². The Morgan fingerprint density at radius 3 is 2.89 bits per heavy atom. The number of fused-ring (bicyclic) bond motifs is 1. The molecule has 1 aromatic rings. The van der Waals surface area contributed by atoms with E-state index in [-0.39, 0.29) is 5.78 Å². The van der Waals surface area contributed by atoms with Gasteiger partial charge in [-0.25, -0.2) is 0 Å². The highest BCUT2D eigenvalue weighted by molar-refractivity contribution is 6.00. The Balaban J connectivity index is 2.42. The van der Waals surface area contributed by atoms with Gasteiger partial charge in [0.15, 0.2) is 5.78 Å². The van der Waals surface area contributed by atoms with Gasteiger partial charge in [-0.05, 0) is 31.9 Å². The molecule has 0 aromatic heterocycles. The summed E-state index contributed by atoms with van der Waals surface area (Å²) in [5.74, 6) is 1.57. The van der Waals surface area contributed by atoms with Gasteiger partial charge in [0, 0.05) is 12.5 Å². The van der Waals surface area contributed by atoms with E-state index < -0.39 is 0 Å². The molecular formula is C15H18O3. The monoisotopic (exact) mass is 246 g/mol. The summed E-state index contributed by atoms with van der Waals surface area (Å²) in [6.07, 6.45) is 3.35. The lowest BCUT2D eigenvalue weighted by molar-refractivity contribution is 0.0933. The highest BCUT2D eigenvalue weighted by Gasteiger charge is 2.20. The molecule has 0 fully saturated rings. The molecule has 0 saturated carbocycles. The van der Waals surface area contributed by atoms with Crippen molar-refractivity contribution >= 4 is 5.78 Å². The number of Topliss-reactive ketones (excluding diaryl/α,β-unsaturated/α-hetero) is 1. The van der Waals surface area contributed by atoms with Crippen molar-refractivity contribution in [3.05, 3.63) is 34.9 Å². The van der Waals surface area contributed by atoms with Crippen LogP contribution in [-0.4, -0.2) is 19.5 Å². The summed E-state index contributed by atoms with van der Waals surface area (Å²) in [5.41, 5.74) is 2.95. The number of allylic oxidation sites excluding steroid dienone is 2. The second-order valence-electron chi connectivity index (χ2n) is 4.67. The summed E-state index contributed by atoms with van der Waals surface area (Å²) >= 11 is 0. The second kappa shape index (κ2) is 5.25. The number of hydrogen-bond donors (Lipinski definition) is 0. The molecule has 0 N–H and O–H groups in total. The largest absolute Gasteiger partial charge is 0.496 e. The van der Waals surface area contributed by atoms with E-state index >= 15 is 0 Å². The molecule has 0 aliphatic carbocycles. The predicted molar refractivity (Wildman–Crippen MR) is 70.6 cm³/mol. The van der Waals surface area contributed by atoms with E-state index in [4.69, 9.17) is 9.47 Å². The molecule has 18 heavy (non-hydrogen) atoms. The summed E-state index contributed by atoms with van der Waals surface area (Å²) in [6.45, 7) is 4.57. The van der Waals surface area contributed by atoms with Crippen molar-refractivity contribution in [1.82, 2.24) is 0 Å². The molecule has 0 amide bonds. The van der Waals surface area contributed by atoms with Crippen molar-refractivity contribution < 1.29 is 14.3 Å². The van der Waals surface area contributed by atoms with E-state index in [2.05, 4.69) is 19.9 Å². The molecule has 3 nitrogen and oxygen atoms in total. The van der Waals surface area contributed by atoms with Crippen LogP contribution in [0.5, 0.6) is 11.5 Å². The van der Waals surface area contributed by atoms with Crippen molar-refractivity contribution in [2.45, 2.75) is 26.7 Å². The normalized spacial score (nSPS) is 13.6. The van der Waals surface area contributed by atoms with Crippen LogP contribution >= 0.6 is 0 Å². The van der Waals surface area contributed by atoms with Gasteiger partial charge < -0.3 is 9.47 Å². The Hall–Kier alpha value is -1.77. The van der Waals surface area contributed by atoms with Gasteiger partial charge in [-0.2, -0.15) is 0 Å². The maximum Gasteiger partial charge on any atom is 0.170 e.